The van der Waals surface area contributed by atoms with Crippen LogP contribution in [0.25, 0.3) is 11.4 Å². The fourth-order valence-electron chi connectivity index (χ4n) is 2.27. The molecule has 2 aromatic rings. The summed E-state index contributed by atoms with van der Waals surface area (Å²) in [5.41, 5.74) is 2.92. The van der Waals surface area contributed by atoms with Crippen LogP contribution in [0.15, 0.2) is 30.5 Å². The first kappa shape index (κ1) is 18.6. The average Bonchev–Trinajstić information content (AvgIpc) is 2.98. The second kappa shape index (κ2) is 10.9. The van der Waals surface area contributed by atoms with Gasteiger partial charge in [-0.2, -0.15) is 5.10 Å². The Morgan fingerprint density at radius 1 is 0.958 bits per heavy atom. The number of aryl methyl sites for hydroxylation is 1. The number of aromatic nitrogens is 3. The maximum atomic E-state index is 5.62. The van der Waals surface area contributed by atoms with Crippen molar-refractivity contribution in [2.24, 2.45) is 0 Å². The Kier molecular flexibility index (Phi) is 8.45. The van der Waals surface area contributed by atoms with Gasteiger partial charge in [0.05, 0.1) is 56.7 Å². The SMILES string of the molecule is CCCOCCOCCOCCn1nc(C)cc1-c1ccccn1. The highest BCUT2D eigenvalue weighted by Crippen LogP contribution is 2.17. The Labute approximate surface area is 143 Å². The number of pyridine rings is 1. The first-order chi connectivity index (χ1) is 11.8. The fraction of sp³-hybridized carbons (Fsp3) is 0.556. The van der Waals surface area contributed by atoms with E-state index in [0.29, 0.717) is 39.6 Å². The predicted octanol–water partition coefficient (Wildman–Crippen LogP) is 2.71. The average molecular weight is 333 g/mol. The van der Waals surface area contributed by atoms with E-state index in [1.54, 1.807) is 6.20 Å². The summed E-state index contributed by atoms with van der Waals surface area (Å²) in [7, 11) is 0. The van der Waals surface area contributed by atoms with E-state index in [9.17, 15) is 0 Å². The smallest absolute Gasteiger partial charge is 0.0883 e. The Bertz CT molecular complexity index is 572. The Morgan fingerprint density at radius 3 is 2.33 bits per heavy atom. The number of hydrogen-bond donors (Lipinski definition) is 0. The lowest BCUT2D eigenvalue weighted by molar-refractivity contribution is 0.0129. The van der Waals surface area contributed by atoms with Crippen LogP contribution in [0.4, 0.5) is 0 Å². The molecule has 0 aliphatic heterocycles. The van der Waals surface area contributed by atoms with E-state index in [1.165, 1.54) is 0 Å². The Hall–Kier alpha value is -1.76. The summed E-state index contributed by atoms with van der Waals surface area (Å²) in [5, 5.41) is 4.51. The van der Waals surface area contributed by atoms with E-state index in [2.05, 4.69) is 17.0 Å². The molecule has 0 saturated carbocycles. The second-order valence-electron chi connectivity index (χ2n) is 5.45. The molecule has 0 radical (unpaired) electrons. The van der Waals surface area contributed by atoms with E-state index in [1.807, 2.05) is 35.9 Å². The van der Waals surface area contributed by atoms with Crippen molar-refractivity contribution in [1.82, 2.24) is 14.8 Å². The van der Waals surface area contributed by atoms with Crippen molar-refractivity contribution in [3.05, 3.63) is 36.2 Å². The molecule has 2 aromatic heterocycles. The third-order valence-corrected chi connectivity index (χ3v) is 3.37. The van der Waals surface area contributed by atoms with Crippen LogP contribution in [0.5, 0.6) is 0 Å². The summed E-state index contributed by atoms with van der Waals surface area (Å²) < 4.78 is 18.3. The fourth-order valence-corrected chi connectivity index (χ4v) is 2.27. The zero-order valence-corrected chi connectivity index (χ0v) is 14.6. The first-order valence-corrected chi connectivity index (χ1v) is 8.50. The van der Waals surface area contributed by atoms with E-state index in [4.69, 9.17) is 14.2 Å². The molecule has 132 valence electrons. The van der Waals surface area contributed by atoms with Gasteiger partial charge in [0.25, 0.3) is 0 Å². The van der Waals surface area contributed by atoms with E-state index < -0.39 is 0 Å². The molecule has 0 amide bonds. The van der Waals surface area contributed by atoms with Gasteiger partial charge in [-0.05, 0) is 31.5 Å². The highest BCUT2D eigenvalue weighted by atomic mass is 16.5. The molecule has 0 fully saturated rings. The first-order valence-electron chi connectivity index (χ1n) is 8.50. The lowest BCUT2D eigenvalue weighted by Gasteiger charge is -2.08. The summed E-state index contributed by atoms with van der Waals surface area (Å²) in [4.78, 5) is 4.39. The summed E-state index contributed by atoms with van der Waals surface area (Å²) in [5.74, 6) is 0. The van der Waals surface area contributed by atoms with Gasteiger partial charge in [-0.1, -0.05) is 13.0 Å². The zero-order valence-electron chi connectivity index (χ0n) is 14.6. The lowest BCUT2D eigenvalue weighted by atomic mass is 10.2. The van der Waals surface area contributed by atoms with Gasteiger partial charge in [0.1, 0.15) is 0 Å². The number of rotatable bonds is 12. The minimum absolute atomic E-state index is 0.576. The molecule has 0 saturated heterocycles. The molecule has 0 spiro atoms. The lowest BCUT2D eigenvalue weighted by Crippen LogP contribution is -2.13. The van der Waals surface area contributed by atoms with E-state index >= 15 is 0 Å². The van der Waals surface area contributed by atoms with Crippen LogP contribution >= 0.6 is 0 Å². The maximum Gasteiger partial charge on any atom is 0.0883 e. The molecule has 2 heterocycles. The van der Waals surface area contributed by atoms with Crippen molar-refractivity contribution in [2.75, 3.05) is 39.6 Å². The van der Waals surface area contributed by atoms with Gasteiger partial charge in [0.2, 0.25) is 0 Å². The normalized spacial score (nSPS) is 11.1. The maximum absolute atomic E-state index is 5.62. The third kappa shape index (κ3) is 6.39. The van der Waals surface area contributed by atoms with Crippen molar-refractivity contribution < 1.29 is 14.2 Å². The van der Waals surface area contributed by atoms with Gasteiger partial charge in [-0.3, -0.25) is 9.67 Å². The zero-order chi connectivity index (χ0) is 17.0. The Morgan fingerprint density at radius 2 is 1.67 bits per heavy atom. The molecular weight excluding hydrogens is 306 g/mol. The molecule has 0 N–H and O–H groups in total. The molecule has 0 unspecified atom stereocenters. The molecule has 0 aliphatic carbocycles. The number of nitrogens with zero attached hydrogens (tertiary/aromatic N) is 3. The van der Waals surface area contributed by atoms with Gasteiger partial charge in [-0.15, -0.1) is 0 Å². The molecule has 0 aliphatic rings. The summed E-state index contributed by atoms with van der Waals surface area (Å²) in [6.07, 6.45) is 2.83. The number of ether oxygens (including phenoxy) is 3. The molecule has 0 atom stereocenters. The van der Waals surface area contributed by atoms with Crippen molar-refractivity contribution >= 4 is 0 Å². The van der Waals surface area contributed by atoms with Gasteiger partial charge in [0, 0.05) is 12.8 Å². The van der Waals surface area contributed by atoms with E-state index in [0.717, 1.165) is 30.1 Å². The molecule has 6 heteroatoms. The van der Waals surface area contributed by atoms with Gasteiger partial charge >= 0.3 is 0 Å². The minimum atomic E-state index is 0.576. The van der Waals surface area contributed by atoms with Crippen LogP contribution in [0, 0.1) is 6.92 Å². The van der Waals surface area contributed by atoms with Crippen LogP contribution in [-0.2, 0) is 20.8 Å². The summed E-state index contributed by atoms with van der Waals surface area (Å²) >= 11 is 0. The largest absolute Gasteiger partial charge is 0.379 e. The summed E-state index contributed by atoms with van der Waals surface area (Å²) in [6, 6.07) is 7.92. The highest BCUT2D eigenvalue weighted by Gasteiger charge is 2.08. The van der Waals surface area contributed by atoms with Crippen molar-refractivity contribution in [2.45, 2.75) is 26.8 Å². The van der Waals surface area contributed by atoms with Crippen LogP contribution in [-0.4, -0.2) is 54.4 Å². The monoisotopic (exact) mass is 333 g/mol. The van der Waals surface area contributed by atoms with Crippen LogP contribution in [0.2, 0.25) is 0 Å². The van der Waals surface area contributed by atoms with Gasteiger partial charge < -0.3 is 14.2 Å². The highest BCUT2D eigenvalue weighted by molar-refractivity contribution is 5.54. The third-order valence-electron chi connectivity index (χ3n) is 3.37. The quantitative estimate of drug-likeness (QED) is 0.559. The molecule has 6 nitrogen and oxygen atoms in total. The number of hydrogen-bond acceptors (Lipinski definition) is 5. The van der Waals surface area contributed by atoms with Crippen LogP contribution < -0.4 is 0 Å². The topological polar surface area (TPSA) is 58.4 Å². The molecule has 0 aromatic carbocycles. The standard InChI is InChI=1S/C18H27N3O3/c1-3-9-22-11-13-24-14-12-23-10-8-21-18(15-16(2)20-21)17-6-4-5-7-19-17/h4-7,15H,3,8-14H2,1-2H3. The molecule has 0 bridgehead atoms. The molecule has 24 heavy (non-hydrogen) atoms. The van der Waals surface area contributed by atoms with E-state index in [-0.39, 0.29) is 0 Å². The molecular formula is C18H27N3O3. The predicted molar refractivity (Wildman–Crippen MR) is 92.9 cm³/mol. The van der Waals surface area contributed by atoms with Gasteiger partial charge in [0.15, 0.2) is 0 Å². The Balaban J connectivity index is 1.65. The second-order valence-corrected chi connectivity index (χ2v) is 5.45. The van der Waals surface area contributed by atoms with Crippen LogP contribution in [0.3, 0.4) is 0 Å². The molecule has 2 rings (SSSR count). The summed E-state index contributed by atoms with van der Waals surface area (Å²) in [6.45, 7) is 8.58. The van der Waals surface area contributed by atoms with Crippen molar-refractivity contribution in [1.29, 1.82) is 0 Å². The van der Waals surface area contributed by atoms with Crippen LogP contribution in [0.1, 0.15) is 19.0 Å². The van der Waals surface area contributed by atoms with Crippen molar-refractivity contribution in [3.8, 4) is 11.4 Å². The van der Waals surface area contributed by atoms with Crippen molar-refractivity contribution in [3.63, 3.8) is 0 Å². The van der Waals surface area contributed by atoms with Gasteiger partial charge in [-0.25, -0.2) is 0 Å². The minimum Gasteiger partial charge on any atom is -0.379 e.